The summed E-state index contributed by atoms with van der Waals surface area (Å²) in [6.45, 7) is 2.79. The highest BCUT2D eigenvalue weighted by Gasteiger charge is 2.40. The molecular weight excluding hydrogens is 295 g/mol. The van der Waals surface area contributed by atoms with Crippen molar-refractivity contribution in [1.82, 2.24) is 5.32 Å². The molecule has 0 saturated heterocycles. The number of nitrogens with one attached hydrogen (secondary N) is 1. The molecular formula is C15H26Cl2N2O. The molecule has 0 aliphatic heterocycles. The lowest BCUT2D eigenvalue weighted by atomic mass is 10.0. The van der Waals surface area contributed by atoms with Crippen molar-refractivity contribution in [2.75, 3.05) is 6.54 Å². The second-order valence-corrected chi connectivity index (χ2v) is 5.44. The maximum Gasteiger partial charge on any atom is 0.0818 e. The average molecular weight is 321 g/mol. The average Bonchev–Trinajstić information content (AvgIpc) is 3.18. The number of aliphatic hydroxyl groups excluding tert-OH is 1. The van der Waals surface area contributed by atoms with Crippen LogP contribution in [-0.4, -0.2) is 29.3 Å². The Balaban J connectivity index is 0.00000180. The summed E-state index contributed by atoms with van der Waals surface area (Å²) in [5.74, 6) is 0. The molecule has 5 heteroatoms. The predicted molar refractivity (Wildman–Crippen MR) is 88.9 cm³/mol. The molecule has 0 aromatic heterocycles. The molecule has 0 spiro atoms. The van der Waals surface area contributed by atoms with E-state index in [2.05, 4.69) is 24.4 Å². The summed E-state index contributed by atoms with van der Waals surface area (Å²) in [6, 6.07) is 9.90. The van der Waals surface area contributed by atoms with Gasteiger partial charge in [0.05, 0.1) is 6.10 Å². The molecule has 20 heavy (non-hydrogen) atoms. The number of aliphatic hydroxyl groups is 1. The third kappa shape index (κ3) is 5.58. The fraction of sp³-hybridized carbons (Fsp3) is 0.600. The molecule has 1 saturated carbocycles. The number of halogens is 2. The summed E-state index contributed by atoms with van der Waals surface area (Å²) in [4.78, 5) is 0. The molecule has 0 heterocycles. The molecule has 4 N–H and O–H groups in total. The Morgan fingerprint density at radius 2 is 1.85 bits per heavy atom. The Labute approximate surface area is 134 Å². The van der Waals surface area contributed by atoms with Crippen LogP contribution in [0.4, 0.5) is 0 Å². The van der Waals surface area contributed by atoms with E-state index in [0.717, 1.165) is 12.8 Å². The van der Waals surface area contributed by atoms with Crippen LogP contribution in [0.5, 0.6) is 0 Å². The van der Waals surface area contributed by atoms with E-state index in [4.69, 9.17) is 5.73 Å². The molecule has 3 nitrogen and oxygen atoms in total. The van der Waals surface area contributed by atoms with E-state index in [1.165, 1.54) is 18.4 Å². The molecule has 1 fully saturated rings. The molecule has 0 amide bonds. The van der Waals surface area contributed by atoms with Gasteiger partial charge in [0.25, 0.3) is 0 Å². The quantitative estimate of drug-likeness (QED) is 0.722. The van der Waals surface area contributed by atoms with Gasteiger partial charge < -0.3 is 16.2 Å². The predicted octanol–water partition coefficient (Wildman–Crippen LogP) is 2.29. The molecule has 1 aromatic carbocycles. The van der Waals surface area contributed by atoms with Crippen LogP contribution in [0.25, 0.3) is 0 Å². The standard InChI is InChI=1S/C15H24N2O.2ClH/c1-2-15(8-9-15)17-11-14(18)13(16)10-12-6-4-3-5-7-12;;/h3-7,13-14,17-18H,2,8-11,16H2,1H3;2*1H/t13-,14+;;/m0../s1. The van der Waals surface area contributed by atoms with Gasteiger partial charge in [-0.15, -0.1) is 24.8 Å². The van der Waals surface area contributed by atoms with Gasteiger partial charge in [-0.1, -0.05) is 37.3 Å². The van der Waals surface area contributed by atoms with E-state index >= 15 is 0 Å². The lowest BCUT2D eigenvalue weighted by molar-refractivity contribution is 0.136. The first-order chi connectivity index (χ1) is 8.65. The van der Waals surface area contributed by atoms with Crippen LogP contribution >= 0.6 is 24.8 Å². The van der Waals surface area contributed by atoms with Crippen molar-refractivity contribution in [3.63, 3.8) is 0 Å². The van der Waals surface area contributed by atoms with Gasteiger partial charge >= 0.3 is 0 Å². The summed E-state index contributed by atoms with van der Waals surface area (Å²) in [6.07, 6.45) is 3.83. The van der Waals surface area contributed by atoms with Crippen LogP contribution < -0.4 is 11.1 Å². The van der Waals surface area contributed by atoms with Crippen LogP contribution in [0, 0.1) is 0 Å². The highest BCUT2D eigenvalue weighted by atomic mass is 35.5. The van der Waals surface area contributed by atoms with Gasteiger partial charge in [-0.2, -0.15) is 0 Å². The molecule has 2 rings (SSSR count). The maximum atomic E-state index is 10.1. The zero-order valence-electron chi connectivity index (χ0n) is 11.9. The van der Waals surface area contributed by atoms with Crippen molar-refractivity contribution in [1.29, 1.82) is 0 Å². The van der Waals surface area contributed by atoms with Crippen molar-refractivity contribution in [3.05, 3.63) is 35.9 Å². The summed E-state index contributed by atoms with van der Waals surface area (Å²) < 4.78 is 0. The third-order valence-corrected chi connectivity index (χ3v) is 4.02. The minimum absolute atomic E-state index is 0. The lowest BCUT2D eigenvalue weighted by Crippen LogP contribution is -2.46. The number of nitrogens with two attached hydrogens (primary N) is 1. The van der Waals surface area contributed by atoms with Crippen LogP contribution in [0.3, 0.4) is 0 Å². The molecule has 0 bridgehead atoms. The summed E-state index contributed by atoms with van der Waals surface area (Å²) >= 11 is 0. The van der Waals surface area contributed by atoms with Gasteiger partial charge in [-0.05, 0) is 31.2 Å². The fourth-order valence-electron chi connectivity index (χ4n) is 2.30. The van der Waals surface area contributed by atoms with Gasteiger partial charge in [-0.25, -0.2) is 0 Å². The third-order valence-electron chi connectivity index (χ3n) is 4.02. The molecule has 116 valence electrons. The van der Waals surface area contributed by atoms with Crippen molar-refractivity contribution in [2.45, 2.75) is 50.3 Å². The summed E-state index contributed by atoms with van der Waals surface area (Å²) in [7, 11) is 0. The Morgan fingerprint density at radius 3 is 2.35 bits per heavy atom. The van der Waals surface area contributed by atoms with Crippen LogP contribution in [0.15, 0.2) is 30.3 Å². The van der Waals surface area contributed by atoms with Crippen LogP contribution in [0.1, 0.15) is 31.7 Å². The summed E-state index contributed by atoms with van der Waals surface area (Å²) in [5, 5.41) is 13.5. The highest BCUT2D eigenvalue weighted by Crippen LogP contribution is 2.38. The second kappa shape index (κ2) is 8.85. The number of rotatable bonds is 7. The smallest absolute Gasteiger partial charge is 0.0818 e. The molecule has 1 aromatic rings. The first-order valence-electron chi connectivity index (χ1n) is 6.88. The maximum absolute atomic E-state index is 10.1. The van der Waals surface area contributed by atoms with Gasteiger partial charge in [0.15, 0.2) is 0 Å². The van der Waals surface area contributed by atoms with E-state index in [-0.39, 0.29) is 30.9 Å². The molecule has 2 atom stereocenters. The number of hydrogen-bond donors (Lipinski definition) is 3. The van der Waals surface area contributed by atoms with Crippen molar-refractivity contribution in [2.24, 2.45) is 5.73 Å². The van der Waals surface area contributed by atoms with Gasteiger partial charge in [0.2, 0.25) is 0 Å². The van der Waals surface area contributed by atoms with E-state index in [1.807, 2.05) is 18.2 Å². The molecule has 1 aliphatic rings. The Bertz CT molecular complexity index is 371. The minimum Gasteiger partial charge on any atom is -0.390 e. The second-order valence-electron chi connectivity index (χ2n) is 5.44. The van der Waals surface area contributed by atoms with Crippen molar-refractivity contribution in [3.8, 4) is 0 Å². The largest absolute Gasteiger partial charge is 0.390 e. The zero-order chi connectivity index (χ0) is 13.0. The van der Waals surface area contributed by atoms with E-state index < -0.39 is 6.10 Å². The minimum atomic E-state index is -0.478. The SMILES string of the molecule is CCC1(NC[C@@H](O)[C@@H](N)Cc2ccccc2)CC1.Cl.Cl. The Morgan fingerprint density at radius 1 is 1.25 bits per heavy atom. The van der Waals surface area contributed by atoms with Crippen molar-refractivity contribution < 1.29 is 5.11 Å². The van der Waals surface area contributed by atoms with E-state index in [1.54, 1.807) is 0 Å². The molecule has 0 unspecified atom stereocenters. The van der Waals surface area contributed by atoms with E-state index in [0.29, 0.717) is 12.1 Å². The number of β-amino-alcohol motifs (C(OH)–C–C–N with tert-alkyl or cyclic N) is 1. The molecule has 1 aliphatic carbocycles. The first kappa shape index (κ1) is 19.7. The Hall–Kier alpha value is -0.320. The number of benzene rings is 1. The molecule has 0 radical (unpaired) electrons. The van der Waals surface area contributed by atoms with Gasteiger partial charge in [0, 0.05) is 18.1 Å². The normalized spacial score (nSPS) is 18.4. The van der Waals surface area contributed by atoms with Gasteiger partial charge in [0.1, 0.15) is 0 Å². The highest BCUT2D eigenvalue weighted by molar-refractivity contribution is 5.85. The topological polar surface area (TPSA) is 58.3 Å². The number of hydrogen-bond acceptors (Lipinski definition) is 3. The summed E-state index contributed by atoms with van der Waals surface area (Å²) in [5.41, 5.74) is 7.53. The van der Waals surface area contributed by atoms with E-state index in [9.17, 15) is 5.11 Å². The monoisotopic (exact) mass is 320 g/mol. The fourth-order valence-corrected chi connectivity index (χ4v) is 2.30. The Kier molecular flexibility index (Phi) is 8.71. The van der Waals surface area contributed by atoms with Crippen LogP contribution in [0.2, 0.25) is 0 Å². The van der Waals surface area contributed by atoms with Gasteiger partial charge in [-0.3, -0.25) is 0 Å². The lowest BCUT2D eigenvalue weighted by Gasteiger charge is -2.23. The zero-order valence-corrected chi connectivity index (χ0v) is 13.6. The van der Waals surface area contributed by atoms with Crippen LogP contribution in [-0.2, 0) is 6.42 Å². The van der Waals surface area contributed by atoms with Crippen molar-refractivity contribution >= 4 is 24.8 Å². The first-order valence-corrected chi connectivity index (χ1v) is 6.88.